The van der Waals surface area contributed by atoms with Gasteiger partial charge in [-0.2, -0.15) is 0 Å². The molecule has 0 unspecified atom stereocenters. The van der Waals surface area contributed by atoms with Crippen molar-refractivity contribution >= 4 is 22.4 Å². The van der Waals surface area contributed by atoms with Crippen LogP contribution in [0.1, 0.15) is 18.4 Å². The van der Waals surface area contributed by atoms with E-state index >= 15 is 0 Å². The first kappa shape index (κ1) is 12.0. The highest BCUT2D eigenvalue weighted by molar-refractivity contribution is 7.84. The fourth-order valence-electron chi connectivity index (χ4n) is 1.86. The lowest BCUT2D eigenvalue weighted by molar-refractivity contribution is 0.643. The zero-order chi connectivity index (χ0) is 11.4. The summed E-state index contributed by atoms with van der Waals surface area (Å²) < 4.78 is 11.9. The third kappa shape index (κ3) is 3.54. The van der Waals surface area contributed by atoms with Gasteiger partial charge in [-0.25, -0.2) is 4.98 Å². The molecular formula is C11H15ClN2OS. The normalized spacial score (nSPS) is 22.2. The van der Waals surface area contributed by atoms with Gasteiger partial charge in [0, 0.05) is 28.8 Å². The van der Waals surface area contributed by atoms with Crippen molar-refractivity contribution in [1.82, 2.24) is 10.3 Å². The highest BCUT2D eigenvalue weighted by Crippen LogP contribution is 2.10. The summed E-state index contributed by atoms with van der Waals surface area (Å²) in [5, 5.41) is 3.83. The van der Waals surface area contributed by atoms with E-state index in [1.54, 1.807) is 12.3 Å². The van der Waals surface area contributed by atoms with E-state index in [2.05, 4.69) is 10.3 Å². The highest BCUT2D eigenvalue weighted by Gasteiger charge is 2.16. The first-order valence-corrected chi connectivity index (χ1v) is 7.29. The molecule has 5 heteroatoms. The molecule has 1 aromatic heterocycles. The van der Waals surface area contributed by atoms with Crippen LogP contribution in [-0.4, -0.2) is 27.5 Å². The van der Waals surface area contributed by atoms with Gasteiger partial charge in [0.2, 0.25) is 0 Å². The predicted octanol–water partition coefficient (Wildman–Crippen LogP) is 1.74. The Bertz CT molecular complexity index is 363. The van der Waals surface area contributed by atoms with Gasteiger partial charge in [-0.3, -0.25) is 4.21 Å². The molecule has 2 atom stereocenters. The first-order chi connectivity index (χ1) is 7.74. The van der Waals surface area contributed by atoms with E-state index in [-0.39, 0.29) is 0 Å². The summed E-state index contributed by atoms with van der Waals surface area (Å²) in [5.74, 6) is 1.31. The summed E-state index contributed by atoms with van der Waals surface area (Å²) >= 11 is 5.69. The molecule has 0 spiro atoms. The summed E-state index contributed by atoms with van der Waals surface area (Å²) in [7, 11) is -0.813. The number of hydrogen-bond donors (Lipinski definition) is 1. The predicted molar refractivity (Wildman–Crippen MR) is 67.0 cm³/mol. The summed E-state index contributed by atoms with van der Waals surface area (Å²) in [6.45, 7) is 1.06. The van der Waals surface area contributed by atoms with Crippen molar-refractivity contribution in [3.8, 4) is 0 Å². The maximum Gasteiger partial charge on any atom is 0.129 e. The smallest absolute Gasteiger partial charge is 0.129 e. The Kier molecular flexibility index (Phi) is 4.32. The zero-order valence-corrected chi connectivity index (χ0v) is 10.6. The molecule has 2 rings (SSSR count). The molecule has 0 aliphatic carbocycles. The lowest BCUT2D eigenvalue weighted by Gasteiger charge is -2.09. The topological polar surface area (TPSA) is 42.0 Å². The highest BCUT2D eigenvalue weighted by atomic mass is 35.5. The van der Waals surface area contributed by atoms with E-state index in [0.29, 0.717) is 16.9 Å². The van der Waals surface area contributed by atoms with Crippen LogP contribution in [0.25, 0.3) is 0 Å². The van der Waals surface area contributed by atoms with E-state index < -0.39 is 10.8 Å². The van der Waals surface area contributed by atoms with Gasteiger partial charge in [0.1, 0.15) is 5.15 Å². The minimum Gasteiger partial charge on any atom is -0.313 e. The molecule has 0 aromatic carbocycles. The van der Waals surface area contributed by atoms with E-state index in [0.717, 1.165) is 24.3 Å². The third-order valence-corrected chi connectivity index (χ3v) is 4.32. The van der Waals surface area contributed by atoms with E-state index in [9.17, 15) is 4.21 Å². The Balaban J connectivity index is 1.84. The van der Waals surface area contributed by atoms with Crippen molar-refractivity contribution in [3.63, 3.8) is 0 Å². The molecule has 0 radical (unpaired) electrons. The van der Waals surface area contributed by atoms with E-state index in [1.165, 1.54) is 6.42 Å². The van der Waals surface area contributed by atoms with E-state index in [1.807, 2.05) is 6.07 Å². The molecule has 1 aliphatic heterocycles. The molecular weight excluding hydrogens is 244 g/mol. The monoisotopic (exact) mass is 258 g/mol. The minimum absolute atomic E-state index is 0.432. The van der Waals surface area contributed by atoms with Gasteiger partial charge in [-0.05, 0) is 31.0 Å². The summed E-state index contributed by atoms with van der Waals surface area (Å²) in [6.07, 6.45) is 4.04. The number of halogens is 1. The molecule has 0 amide bonds. The molecule has 0 bridgehead atoms. The molecule has 1 aliphatic rings. The number of nitrogens with one attached hydrogen (secondary N) is 1. The second kappa shape index (κ2) is 5.75. The lowest BCUT2D eigenvalue weighted by Crippen LogP contribution is -2.27. The van der Waals surface area contributed by atoms with Crippen molar-refractivity contribution in [2.75, 3.05) is 12.3 Å². The number of hydrogen-bond acceptors (Lipinski definition) is 3. The maximum absolute atomic E-state index is 11.9. The number of rotatable bonds is 4. The van der Waals surface area contributed by atoms with Gasteiger partial charge < -0.3 is 5.32 Å². The molecule has 88 valence electrons. The fraction of sp³-hybridized carbons (Fsp3) is 0.545. The zero-order valence-electron chi connectivity index (χ0n) is 8.99. The van der Waals surface area contributed by atoms with Crippen LogP contribution in [0.4, 0.5) is 0 Å². The SMILES string of the molecule is O=[S@](Cc1ccc(Cl)nc1)C[C@@H]1CCCN1. The van der Waals surface area contributed by atoms with Crippen molar-refractivity contribution < 1.29 is 4.21 Å². The lowest BCUT2D eigenvalue weighted by atomic mass is 10.3. The summed E-state index contributed by atoms with van der Waals surface area (Å²) in [4.78, 5) is 3.98. The van der Waals surface area contributed by atoms with Gasteiger partial charge in [-0.1, -0.05) is 17.7 Å². The van der Waals surface area contributed by atoms with Gasteiger partial charge >= 0.3 is 0 Å². The Morgan fingerprint density at radius 2 is 2.44 bits per heavy atom. The van der Waals surface area contributed by atoms with Crippen LogP contribution in [0.5, 0.6) is 0 Å². The molecule has 0 saturated carbocycles. The van der Waals surface area contributed by atoms with Crippen LogP contribution in [0, 0.1) is 0 Å². The Morgan fingerprint density at radius 3 is 3.06 bits per heavy atom. The van der Waals surface area contributed by atoms with Crippen LogP contribution in [-0.2, 0) is 16.6 Å². The Labute approximate surface area is 103 Å². The van der Waals surface area contributed by atoms with Crippen LogP contribution in [0.2, 0.25) is 5.15 Å². The Morgan fingerprint density at radius 1 is 1.56 bits per heavy atom. The third-order valence-electron chi connectivity index (χ3n) is 2.67. The number of aromatic nitrogens is 1. The van der Waals surface area contributed by atoms with E-state index in [4.69, 9.17) is 11.6 Å². The second-order valence-electron chi connectivity index (χ2n) is 4.03. The standard InChI is InChI=1S/C11H15ClN2OS/c12-11-4-3-9(6-14-11)7-16(15)8-10-2-1-5-13-10/h3-4,6,10,13H,1-2,5,7-8H2/t10-,16+/m0/s1. The van der Waals surface area contributed by atoms with Crippen molar-refractivity contribution in [1.29, 1.82) is 0 Å². The average molecular weight is 259 g/mol. The van der Waals surface area contributed by atoms with Crippen LogP contribution in [0.3, 0.4) is 0 Å². The fourth-order valence-corrected chi connectivity index (χ4v) is 3.37. The quantitative estimate of drug-likeness (QED) is 0.837. The molecule has 1 fully saturated rings. The van der Waals surface area contributed by atoms with Gasteiger partial charge in [0.25, 0.3) is 0 Å². The second-order valence-corrected chi connectivity index (χ2v) is 5.92. The minimum atomic E-state index is -0.813. The Hall–Kier alpha value is -0.450. The summed E-state index contributed by atoms with van der Waals surface area (Å²) in [5.41, 5.74) is 0.987. The molecule has 3 nitrogen and oxygen atoms in total. The molecule has 1 aromatic rings. The molecule has 16 heavy (non-hydrogen) atoms. The first-order valence-electron chi connectivity index (χ1n) is 5.43. The largest absolute Gasteiger partial charge is 0.313 e. The average Bonchev–Trinajstić information content (AvgIpc) is 2.74. The maximum atomic E-state index is 11.9. The van der Waals surface area contributed by atoms with Crippen LogP contribution >= 0.6 is 11.6 Å². The summed E-state index contributed by atoms with van der Waals surface area (Å²) in [6, 6.07) is 4.05. The number of pyridine rings is 1. The molecule has 2 heterocycles. The van der Waals surface area contributed by atoms with Crippen LogP contribution < -0.4 is 5.32 Å². The van der Waals surface area contributed by atoms with Gasteiger partial charge in [-0.15, -0.1) is 0 Å². The van der Waals surface area contributed by atoms with Gasteiger partial charge in [0.05, 0.1) is 5.75 Å². The van der Waals surface area contributed by atoms with Gasteiger partial charge in [0.15, 0.2) is 0 Å². The van der Waals surface area contributed by atoms with Crippen LogP contribution in [0.15, 0.2) is 18.3 Å². The molecule has 1 N–H and O–H groups in total. The van der Waals surface area contributed by atoms with Crippen molar-refractivity contribution in [2.45, 2.75) is 24.6 Å². The van der Waals surface area contributed by atoms with Crippen molar-refractivity contribution in [3.05, 3.63) is 29.0 Å². The van der Waals surface area contributed by atoms with Crippen molar-refractivity contribution in [2.24, 2.45) is 0 Å². The molecule has 1 saturated heterocycles. The number of nitrogens with zero attached hydrogens (tertiary/aromatic N) is 1.